The van der Waals surface area contributed by atoms with E-state index in [2.05, 4.69) is 0 Å². The van der Waals surface area contributed by atoms with Crippen LogP contribution in [0.25, 0.3) is 0 Å². The van der Waals surface area contributed by atoms with Gasteiger partial charge in [0, 0.05) is 0 Å². The van der Waals surface area contributed by atoms with Crippen molar-refractivity contribution in [3.05, 3.63) is 0 Å². The minimum Gasteiger partial charge on any atom is -0.388 e. The second kappa shape index (κ2) is 2.40. The predicted molar refractivity (Wildman–Crippen MR) is 32.6 cm³/mol. The third kappa shape index (κ3) is 0.969. The Balaban J connectivity index is 2.16. The highest BCUT2D eigenvalue weighted by Gasteiger charge is 2.50. The number of hydrogen-bond donors (Lipinski definition) is 3. The van der Waals surface area contributed by atoms with Crippen LogP contribution < -0.4 is 0 Å². The zero-order chi connectivity index (χ0) is 8.01. The molecule has 2 bridgehead atoms. The van der Waals surface area contributed by atoms with Gasteiger partial charge in [0.05, 0.1) is 6.61 Å². The molecule has 2 saturated heterocycles. The molecule has 5 nitrogen and oxygen atoms in total. The zero-order valence-corrected chi connectivity index (χ0v) is 5.75. The lowest BCUT2D eigenvalue weighted by Crippen LogP contribution is -2.41. The summed E-state index contributed by atoms with van der Waals surface area (Å²) in [6.45, 7) is 0.115. The average Bonchev–Trinajstić information content (AvgIpc) is 2.24. The van der Waals surface area contributed by atoms with Gasteiger partial charge in [-0.25, -0.2) is 0 Å². The van der Waals surface area contributed by atoms with E-state index in [1.807, 2.05) is 0 Å². The summed E-state index contributed by atoms with van der Waals surface area (Å²) in [7, 11) is 0. The molecule has 5 atom stereocenters. The fourth-order valence-electron chi connectivity index (χ4n) is 1.42. The Kier molecular flexibility index (Phi) is 1.62. The highest BCUT2D eigenvalue weighted by atomic mass is 16.7. The van der Waals surface area contributed by atoms with Crippen molar-refractivity contribution >= 4 is 0 Å². The van der Waals surface area contributed by atoms with Crippen LogP contribution in [0.3, 0.4) is 0 Å². The van der Waals surface area contributed by atoms with E-state index in [-0.39, 0.29) is 6.61 Å². The molecule has 0 aliphatic carbocycles. The molecule has 2 aliphatic rings. The quantitative estimate of drug-likeness (QED) is 0.377. The molecule has 0 aromatic heterocycles. The molecule has 2 rings (SSSR count). The van der Waals surface area contributed by atoms with Gasteiger partial charge in [0.1, 0.15) is 24.4 Å². The van der Waals surface area contributed by atoms with Crippen molar-refractivity contribution in [2.45, 2.75) is 30.7 Å². The average molecular weight is 162 g/mol. The van der Waals surface area contributed by atoms with E-state index in [1.165, 1.54) is 0 Å². The normalized spacial score (nSPS) is 56.5. The van der Waals surface area contributed by atoms with Crippen LogP contribution in [-0.4, -0.2) is 52.6 Å². The fraction of sp³-hybridized carbons (Fsp3) is 1.00. The van der Waals surface area contributed by atoms with Gasteiger partial charge in [-0.3, -0.25) is 0 Å². The van der Waals surface area contributed by atoms with Crippen molar-refractivity contribution in [2.24, 2.45) is 0 Å². The van der Waals surface area contributed by atoms with E-state index < -0.39 is 30.7 Å². The summed E-state index contributed by atoms with van der Waals surface area (Å²) in [6, 6.07) is 0. The fourth-order valence-corrected chi connectivity index (χ4v) is 1.42. The van der Waals surface area contributed by atoms with Crippen LogP contribution in [-0.2, 0) is 9.47 Å². The molecule has 2 heterocycles. The molecule has 0 radical (unpaired) electrons. The number of fused-ring (bicyclic) bond motifs is 2. The molecule has 0 saturated carbocycles. The zero-order valence-electron chi connectivity index (χ0n) is 5.75. The van der Waals surface area contributed by atoms with Gasteiger partial charge in [0.25, 0.3) is 0 Å². The smallest absolute Gasteiger partial charge is 0.186 e. The molecule has 1 unspecified atom stereocenters. The highest BCUT2D eigenvalue weighted by Crippen LogP contribution is 2.28. The van der Waals surface area contributed by atoms with Crippen LogP contribution in [0.1, 0.15) is 0 Å². The van der Waals surface area contributed by atoms with Gasteiger partial charge in [-0.2, -0.15) is 0 Å². The number of hydrogen-bond acceptors (Lipinski definition) is 5. The molecule has 0 spiro atoms. The summed E-state index contributed by atoms with van der Waals surface area (Å²) >= 11 is 0. The minimum atomic E-state index is -1.03. The lowest BCUT2D eigenvalue weighted by Gasteiger charge is -2.25. The van der Waals surface area contributed by atoms with Crippen molar-refractivity contribution in [1.29, 1.82) is 0 Å². The Bertz CT molecular complexity index is 161. The first kappa shape index (κ1) is 7.45. The standard InChI is InChI=1S/C6H10O5/c7-2-1-10-6-4(9)3(8)5(2)11-6/h2-9H,1H2/t2?,3-,4+,5+,6+/m0/s1. The summed E-state index contributed by atoms with van der Waals surface area (Å²) < 4.78 is 9.84. The van der Waals surface area contributed by atoms with Crippen molar-refractivity contribution < 1.29 is 24.8 Å². The Morgan fingerprint density at radius 3 is 2.45 bits per heavy atom. The van der Waals surface area contributed by atoms with Crippen molar-refractivity contribution in [3.63, 3.8) is 0 Å². The van der Waals surface area contributed by atoms with Crippen molar-refractivity contribution in [3.8, 4) is 0 Å². The maximum atomic E-state index is 9.22. The molecule has 5 heteroatoms. The first-order valence-corrected chi connectivity index (χ1v) is 3.51. The molecule has 2 fully saturated rings. The highest BCUT2D eigenvalue weighted by molar-refractivity contribution is 4.93. The Hall–Kier alpha value is -0.200. The number of aliphatic hydroxyl groups is 3. The first-order valence-electron chi connectivity index (χ1n) is 3.51. The Morgan fingerprint density at radius 2 is 1.82 bits per heavy atom. The van der Waals surface area contributed by atoms with Crippen molar-refractivity contribution in [2.75, 3.05) is 6.61 Å². The maximum absolute atomic E-state index is 9.22. The molecule has 0 amide bonds. The molecule has 64 valence electrons. The van der Waals surface area contributed by atoms with Crippen LogP contribution in [0, 0.1) is 0 Å². The second-order valence-electron chi connectivity index (χ2n) is 2.85. The van der Waals surface area contributed by atoms with Crippen LogP contribution >= 0.6 is 0 Å². The number of rotatable bonds is 0. The monoisotopic (exact) mass is 162 g/mol. The van der Waals surface area contributed by atoms with E-state index >= 15 is 0 Å². The lowest BCUT2D eigenvalue weighted by atomic mass is 10.1. The van der Waals surface area contributed by atoms with Crippen LogP contribution in [0.2, 0.25) is 0 Å². The summed E-state index contributed by atoms with van der Waals surface area (Å²) in [5.41, 5.74) is 0. The predicted octanol–water partition coefficient (Wildman–Crippen LogP) is -2.18. The summed E-state index contributed by atoms with van der Waals surface area (Å²) in [4.78, 5) is 0. The first-order chi connectivity index (χ1) is 5.20. The minimum absolute atomic E-state index is 0.115. The van der Waals surface area contributed by atoms with Gasteiger partial charge in [-0.05, 0) is 0 Å². The van der Waals surface area contributed by atoms with Gasteiger partial charge in [0.2, 0.25) is 0 Å². The maximum Gasteiger partial charge on any atom is 0.186 e. The van der Waals surface area contributed by atoms with Gasteiger partial charge in [-0.15, -0.1) is 0 Å². The molecule has 11 heavy (non-hydrogen) atoms. The van der Waals surface area contributed by atoms with Crippen LogP contribution in [0.4, 0.5) is 0 Å². The molecular formula is C6H10O5. The molecule has 2 aliphatic heterocycles. The van der Waals surface area contributed by atoms with E-state index in [0.717, 1.165) is 0 Å². The molecular weight excluding hydrogens is 152 g/mol. The van der Waals surface area contributed by atoms with E-state index in [9.17, 15) is 10.2 Å². The second-order valence-corrected chi connectivity index (χ2v) is 2.85. The van der Waals surface area contributed by atoms with E-state index in [1.54, 1.807) is 0 Å². The largest absolute Gasteiger partial charge is 0.388 e. The van der Waals surface area contributed by atoms with Gasteiger partial charge >= 0.3 is 0 Å². The Labute approximate surface area is 63.2 Å². The third-order valence-electron chi connectivity index (χ3n) is 2.07. The SMILES string of the molecule is OC1CO[C@@H]2O[C@H]1[C@@H](O)[C@H]2O. The summed E-state index contributed by atoms with van der Waals surface area (Å²) in [5.74, 6) is 0. The lowest BCUT2D eigenvalue weighted by molar-refractivity contribution is -0.233. The third-order valence-corrected chi connectivity index (χ3v) is 2.07. The topological polar surface area (TPSA) is 79.2 Å². The summed E-state index contributed by atoms with van der Waals surface area (Å²) in [5, 5.41) is 27.6. The van der Waals surface area contributed by atoms with Gasteiger partial charge < -0.3 is 24.8 Å². The van der Waals surface area contributed by atoms with Crippen LogP contribution in [0.5, 0.6) is 0 Å². The van der Waals surface area contributed by atoms with Gasteiger partial charge in [-0.1, -0.05) is 0 Å². The van der Waals surface area contributed by atoms with Crippen molar-refractivity contribution in [1.82, 2.24) is 0 Å². The molecule has 0 aromatic rings. The number of aliphatic hydroxyl groups excluding tert-OH is 3. The molecule has 3 N–H and O–H groups in total. The van der Waals surface area contributed by atoms with Crippen LogP contribution in [0.15, 0.2) is 0 Å². The van der Waals surface area contributed by atoms with E-state index in [4.69, 9.17) is 14.6 Å². The van der Waals surface area contributed by atoms with Gasteiger partial charge in [0.15, 0.2) is 6.29 Å². The number of ether oxygens (including phenoxy) is 2. The summed E-state index contributed by atoms with van der Waals surface area (Å²) in [6.07, 6.45) is -4.35. The molecule has 0 aromatic carbocycles. The van der Waals surface area contributed by atoms with E-state index in [0.29, 0.717) is 0 Å². The Morgan fingerprint density at radius 1 is 1.09 bits per heavy atom.